The van der Waals surface area contributed by atoms with Crippen LogP contribution in [0.2, 0.25) is 0 Å². The Morgan fingerprint density at radius 2 is 1.62 bits per heavy atom. The molecule has 1 aliphatic rings. The van der Waals surface area contributed by atoms with Gasteiger partial charge in [0.2, 0.25) is 0 Å². The second-order valence-corrected chi connectivity index (χ2v) is 4.87. The van der Waals surface area contributed by atoms with Crippen molar-refractivity contribution in [3.63, 3.8) is 0 Å². The minimum atomic E-state index is -0.259. The molecule has 1 rings (SSSR count). The largest absolute Gasteiger partial charge is 0.381 e. The maximum Gasteiger partial charge on any atom is 0.322 e. The molecule has 1 saturated heterocycles. The number of hydrogen-bond donors (Lipinski definition) is 0. The molecular weight excluding hydrogens is 270 g/mol. The summed E-state index contributed by atoms with van der Waals surface area (Å²) in [6, 6.07) is 0.197. The third-order valence-electron chi connectivity index (χ3n) is 2.89. The maximum absolute atomic E-state index is 11.0. The van der Waals surface area contributed by atoms with Gasteiger partial charge in [0.05, 0.1) is 11.6 Å². The molecule has 5 nitrogen and oxygen atoms in total. The number of hydrogen-bond acceptors (Lipinski definition) is 5. The van der Waals surface area contributed by atoms with Gasteiger partial charge in [-0.25, -0.2) is 0 Å². The summed E-state index contributed by atoms with van der Waals surface area (Å²) < 4.78 is 5.38. The molecule has 0 radical (unpaired) electrons. The third kappa shape index (κ3) is 9.58. The zero-order valence-corrected chi connectivity index (χ0v) is 15.4. The fourth-order valence-electron chi connectivity index (χ4n) is 2.33. The molecule has 5 heteroatoms. The quantitative estimate of drug-likeness (QED) is 0.780. The van der Waals surface area contributed by atoms with Gasteiger partial charge in [-0.2, -0.15) is 0 Å². The highest BCUT2D eigenvalue weighted by atomic mass is 16.7. The van der Waals surface area contributed by atoms with Crippen LogP contribution >= 0.6 is 0 Å². The summed E-state index contributed by atoms with van der Waals surface area (Å²) in [4.78, 5) is 24.3. The van der Waals surface area contributed by atoms with Crippen LogP contribution in [0.4, 0.5) is 0 Å². The monoisotopic (exact) mass is 305 g/mol. The number of rotatable bonds is 2. The molecule has 0 aromatic rings. The van der Waals surface area contributed by atoms with E-state index in [1.54, 1.807) is 12.2 Å². The summed E-state index contributed by atoms with van der Waals surface area (Å²) in [5.41, 5.74) is -0.163. The van der Waals surface area contributed by atoms with Gasteiger partial charge < -0.3 is 14.4 Å². The number of nitrogens with zero attached hydrogens (tertiary/aromatic N) is 1. The summed E-state index contributed by atoms with van der Waals surface area (Å²) in [6.45, 7) is 17.6. The van der Waals surface area contributed by atoms with Gasteiger partial charge >= 0.3 is 5.97 Å². The van der Waals surface area contributed by atoms with Crippen molar-refractivity contribution < 1.29 is 19.2 Å². The van der Waals surface area contributed by atoms with Crippen molar-refractivity contribution in [2.24, 2.45) is 0 Å². The van der Waals surface area contributed by atoms with Crippen LogP contribution in [0.25, 0.3) is 0 Å². The first-order chi connectivity index (χ1) is 9.86. The van der Waals surface area contributed by atoms with Crippen molar-refractivity contribution in [1.82, 2.24) is 5.06 Å². The van der Waals surface area contributed by atoms with E-state index in [4.69, 9.17) is 14.4 Å². The lowest BCUT2D eigenvalue weighted by Crippen LogP contribution is -2.56. The first-order valence-electron chi connectivity index (χ1n) is 7.66. The van der Waals surface area contributed by atoms with Crippen LogP contribution in [-0.2, 0) is 19.2 Å². The van der Waals surface area contributed by atoms with E-state index in [0.717, 1.165) is 12.8 Å². The molecular formula is C16H35NO4. The molecule has 1 heterocycles. The van der Waals surface area contributed by atoms with Gasteiger partial charge in [0, 0.05) is 20.1 Å². The topological polar surface area (TPSA) is 55.8 Å². The van der Waals surface area contributed by atoms with Crippen molar-refractivity contribution in [3.8, 4) is 0 Å². The Labute approximate surface area is 130 Å². The predicted molar refractivity (Wildman–Crippen MR) is 87.0 cm³/mol. The third-order valence-corrected chi connectivity index (χ3v) is 2.89. The summed E-state index contributed by atoms with van der Waals surface area (Å²) in [5, 5.41) is 1.80. The molecule has 128 valence electrons. The van der Waals surface area contributed by atoms with E-state index < -0.39 is 0 Å². The Morgan fingerprint density at radius 1 is 1.19 bits per heavy atom. The van der Waals surface area contributed by atoms with Crippen molar-refractivity contribution in [2.75, 3.05) is 7.11 Å². The molecule has 0 bridgehead atoms. The molecule has 2 unspecified atom stereocenters. The Hall–Kier alpha value is -0.940. The Morgan fingerprint density at radius 3 is 1.90 bits per heavy atom. The highest BCUT2D eigenvalue weighted by Crippen LogP contribution is 2.33. The lowest BCUT2D eigenvalue weighted by Gasteiger charge is -2.46. The summed E-state index contributed by atoms with van der Waals surface area (Å²) in [5.74, 6) is -0.259. The molecule has 0 saturated carbocycles. The first kappa shape index (κ1) is 25.0. The number of piperidine rings is 1. The second kappa shape index (κ2) is 14.0. The lowest BCUT2D eigenvalue weighted by atomic mass is 9.87. The molecule has 1 aliphatic heterocycles. The van der Waals surface area contributed by atoms with Crippen molar-refractivity contribution >= 4 is 12.8 Å². The maximum atomic E-state index is 11.0. The number of carbonyl (C=O) groups excluding carboxylic acids is 2. The van der Waals surface area contributed by atoms with E-state index in [1.807, 2.05) is 34.5 Å². The zero-order chi connectivity index (χ0) is 17.6. The Bertz CT molecular complexity index is 257. The number of ether oxygens (including phenoxy) is 1. The van der Waals surface area contributed by atoms with Crippen LogP contribution in [0.15, 0.2) is 0 Å². The van der Waals surface area contributed by atoms with Gasteiger partial charge in [-0.1, -0.05) is 27.7 Å². The smallest absolute Gasteiger partial charge is 0.322 e. The van der Waals surface area contributed by atoms with Crippen LogP contribution < -0.4 is 0 Å². The van der Waals surface area contributed by atoms with Gasteiger partial charge in [0.15, 0.2) is 0 Å². The average Bonchev–Trinajstić information content (AvgIpc) is 2.48. The fraction of sp³-hybridized carbons (Fsp3) is 0.875. The predicted octanol–water partition coefficient (Wildman–Crippen LogP) is 3.61. The minimum absolute atomic E-state index is 0.163. The number of methoxy groups -OCH3 is 1. The van der Waals surface area contributed by atoms with Crippen molar-refractivity contribution in [2.45, 2.75) is 85.9 Å². The fourth-order valence-corrected chi connectivity index (χ4v) is 2.33. The van der Waals surface area contributed by atoms with Crippen LogP contribution in [0.3, 0.4) is 0 Å². The minimum Gasteiger partial charge on any atom is -0.381 e. The van der Waals surface area contributed by atoms with E-state index in [9.17, 15) is 4.79 Å². The van der Waals surface area contributed by atoms with Crippen molar-refractivity contribution in [1.29, 1.82) is 0 Å². The number of hydroxylamine groups is 2. The normalized spacial score (nSPS) is 23.1. The average molecular weight is 305 g/mol. The molecule has 1 fully saturated rings. The molecule has 0 aromatic heterocycles. The van der Waals surface area contributed by atoms with Crippen LogP contribution in [0.5, 0.6) is 0 Å². The second-order valence-electron chi connectivity index (χ2n) is 4.87. The molecule has 0 spiro atoms. The molecule has 21 heavy (non-hydrogen) atoms. The van der Waals surface area contributed by atoms with Gasteiger partial charge in [-0.3, -0.25) is 4.79 Å². The SMILES string of the molecule is C=O.CC.CC.COC1CC(C)N(OC(C)=O)C(C)(C)C1. The molecule has 0 aromatic carbocycles. The van der Waals surface area contributed by atoms with E-state index in [2.05, 4.69) is 20.8 Å². The van der Waals surface area contributed by atoms with Gasteiger partial charge in [-0.05, 0) is 33.6 Å². The van der Waals surface area contributed by atoms with E-state index >= 15 is 0 Å². The summed E-state index contributed by atoms with van der Waals surface area (Å²) in [6.07, 6.45) is 2.02. The van der Waals surface area contributed by atoms with Crippen molar-refractivity contribution in [3.05, 3.63) is 0 Å². The van der Waals surface area contributed by atoms with Gasteiger partial charge in [0.1, 0.15) is 6.79 Å². The highest BCUT2D eigenvalue weighted by Gasteiger charge is 2.41. The van der Waals surface area contributed by atoms with Gasteiger partial charge in [0.25, 0.3) is 0 Å². The van der Waals surface area contributed by atoms with Crippen LogP contribution in [0.1, 0.15) is 68.2 Å². The van der Waals surface area contributed by atoms with E-state index in [-0.39, 0.29) is 23.7 Å². The van der Waals surface area contributed by atoms with Gasteiger partial charge in [-0.15, -0.1) is 5.06 Å². The number of carbonyl (C=O) groups is 2. The summed E-state index contributed by atoms with van der Waals surface area (Å²) >= 11 is 0. The molecule has 0 aliphatic carbocycles. The summed E-state index contributed by atoms with van der Waals surface area (Å²) in [7, 11) is 1.73. The van der Waals surface area contributed by atoms with Crippen LogP contribution in [0, 0.1) is 0 Å². The highest BCUT2D eigenvalue weighted by molar-refractivity contribution is 5.65. The Kier molecular flexibility index (Phi) is 16.7. The zero-order valence-electron chi connectivity index (χ0n) is 15.4. The van der Waals surface area contributed by atoms with E-state index in [0.29, 0.717) is 0 Å². The first-order valence-corrected chi connectivity index (χ1v) is 7.66. The van der Waals surface area contributed by atoms with E-state index in [1.165, 1.54) is 6.92 Å². The Balaban J connectivity index is -0.000000478. The lowest BCUT2D eigenvalue weighted by molar-refractivity contribution is -0.250. The molecule has 0 amide bonds. The van der Waals surface area contributed by atoms with Crippen LogP contribution in [-0.4, -0.2) is 42.6 Å². The molecule has 2 atom stereocenters. The molecule has 0 N–H and O–H groups in total. The standard InChI is InChI=1S/C11H21NO3.2C2H6.CH2O/c1-8-6-10(14-5)7-11(3,4)12(8)15-9(2)13;3*1-2/h8,10H,6-7H2,1-5H3;2*1-2H3;1H2.